The van der Waals surface area contributed by atoms with Gasteiger partial charge in [-0.15, -0.1) is 0 Å². The van der Waals surface area contributed by atoms with Crippen LogP contribution < -0.4 is 10.2 Å². The number of benzene rings is 2. The summed E-state index contributed by atoms with van der Waals surface area (Å²) in [5.74, 6) is 0.0760. The zero-order valence-corrected chi connectivity index (χ0v) is 21.5. The maximum Gasteiger partial charge on any atom is 0.240 e. The zero-order valence-electron chi connectivity index (χ0n) is 20.0. The number of aliphatic hydroxyl groups excluding tert-OH is 1. The summed E-state index contributed by atoms with van der Waals surface area (Å²) in [5, 5.41) is 29.5. The van der Waals surface area contributed by atoms with E-state index in [2.05, 4.69) is 21.4 Å². The van der Waals surface area contributed by atoms with Crippen LogP contribution in [0.15, 0.2) is 36.4 Å². The quantitative estimate of drug-likeness (QED) is 0.527. The fourth-order valence-electron chi connectivity index (χ4n) is 5.30. The highest BCUT2D eigenvalue weighted by Gasteiger charge is 2.35. The summed E-state index contributed by atoms with van der Waals surface area (Å²) in [7, 11) is 0. The minimum absolute atomic E-state index is 0.0760. The lowest BCUT2D eigenvalue weighted by Gasteiger charge is -2.42. The van der Waals surface area contributed by atoms with Gasteiger partial charge in [-0.25, -0.2) is 0 Å². The van der Waals surface area contributed by atoms with Gasteiger partial charge in [0, 0.05) is 40.8 Å². The number of anilines is 1. The van der Waals surface area contributed by atoms with E-state index in [9.17, 15) is 15.2 Å². The number of fused-ring (bicyclic) bond motifs is 1. The first-order valence-corrected chi connectivity index (χ1v) is 12.9. The maximum atomic E-state index is 13.0. The van der Waals surface area contributed by atoms with E-state index in [-0.39, 0.29) is 30.6 Å². The summed E-state index contributed by atoms with van der Waals surface area (Å²) in [4.78, 5) is 17.0. The predicted molar refractivity (Wildman–Crippen MR) is 141 cm³/mol. The number of hydrogen-bond acceptors (Lipinski definition) is 6. The number of hydrogen-bond donors (Lipinski definition) is 2. The van der Waals surface area contributed by atoms with E-state index >= 15 is 0 Å². The highest BCUT2D eigenvalue weighted by atomic mass is 35.5. The highest BCUT2D eigenvalue weighted by molar-refractivity contribution is 6.35. The fraction of sp³-hybridized carbons (Fsp3) is 0.423. The van der Waals surface area contributed by atoms with Crippen molar-refractivity contribution in [1.29, 1.82) is 5.26 Å². The SMILES string of the molecule is C[C@H](c1ccc(Cl)cc1Cl)n1nc(C#N)c2ccc(N3CCN(C(=O)[C@H]4CCCN4)[C@H](CO)C3)cc21. The third kappa shape index (κ3) is 4.53. The van der Waals surface area contributed by atoms with Crippen molar-refractivity contribution < 1.29 is 9.90 Å². The second-order valence-corrected chi connectivity index (χ2v) is 10.3. The lowest BCUT2D eigenvalue weighted by molar-refractivity contribution is -0.136. The van der Waals surface area contributed by atoms with Crippen LogP contribution in [0.5, 0.6) is 0 Å². The van der Waals surface area contributed by atoms with E-state index in [4.69, 9.17) is 23.2 Å². The maximum absolute atomic E-state index is 13.0. The molecule has 36 heavy (non-hydrogen) atoms. The first-order chi connectivity index (χ1) is 17.4. The molecule has 10 heteroatoms. The molecule has 3 atom stereocenters. The summed E-state index contributed by atoms with van der Waals surface area (Å²) in [5.41, 5.74) is 2.97. The monoisotopic (exact) mass is 526 g/mol. The molecule has 3 heterocycles. The molecule has 0 unspecified atom stereocenters. The van der Waals surface area contributed by atoms with Crippen LogP contribution in [0.3, 0.4) is 0 Å². The van der Waals surface area contributed by atoms with Gasteiger partial charge in [-0.05, 0) is 62.2 Å². The number of piperazine rings is 1. The fourth-order valence-corrected chi connectivity index (χ4v) is 5.87. The van der Waals surface area contributed by atoms with Crippen LogP contribution in [0, 0.1) is 11.3 Å². The Balaban J connectivity index is 1.45. The molecule has 0 saturated carbocycles. The normalized spacial score (nSPS) is 21.1. The second-order valence-electron chi connectivity index (χ2n) is 9.41. The van der Waals surface area contributed by atoms with Gasteiger partial charge >= 0.3 is 0 Å². The highest BCUT2D eigenvalue weighted by Crippen LogP contribution is 2.33. The van der Waals surface area contributed by atoms with Crippen LogP contribution in [-0.2, 0) is 4.79 Å². The molecule has 2 aromatic carbocycles. The number of nitriles is 1. The molecule has 0 spiro atoms. The summed E-state index contributed by atoms with van der Waals surface area (Å²) >= 11 is 12.6. The Kier molecular flexibility index (Phi) is 7.09. The molecule has 0 aliphatic carbocycles. The lowest BCUT2D eigenvalue weighted by atomic mass is 10.1. The van der Waals surface area contributed by atoms with Crippen molar-refractivity contribution in [2.75, 3.05) is 37.7 Å². The summed E-state index contributed by atoms with van der Waals surface area (Å²) in [6.45, 7) is 4.47. The standard InChI is InChI=1S/C26H28Cl2N6O2/c1-16(20-6-4-17(27)11-22(20)28)34-25-12-18(5-7-21(25)24(13-29)31-34)32-9-10-33(19(14-32)15-35)26(36)23-3-2-8-30-23/h4-7,11-12,16,19,23,30,35H,2-3,8-10,14-15H2,1H3/t16-,19+,23-/m1/s1. The average Bonchev–Trinajstić information content (AvgIpc) is 3.55. The van der Waals surface area contributed by atoms with Crippen molar-refractivity contribution >= 4 is 45.7 Å². The molecular weight excluding hydrogens is 499 g/mol. The Hall–Kier alpha value is -2.83. The number of amides is 1. The zero-order chi connectivity index (χ0) is 25.4. The van der Waals surface area contributed by atoms with E-state index in [1.807, 2.05) is 40.8 Å². The smallest absolute Gasteiger partial charge is 0.240 e. The van der Waals surface area contributed by atoms with E-state index < -0.39 is 0 Å². The van der Waals surface area contributed by atoms with Gasteiger partial charge in [0.25, 0.3) is 0 Å². The molecule has 1 aromatic heterocycles. The van der Waals surface area contributed by atoms with Gasteiger partial charge in [-0.2, -0.15) is 10.4 Å². The number of halogens is 2. The molecular formula is C26H28Cl2N6O2. The first kappa shape index (κ1) is 24.8. The third-order valence-electron chi connectivity index (χ3n) is 7.28. The molecule has 188 valence electrons. The first-order valence-electron chi connectivity index (χ1n) is 12.2. The Morgan fingerprint density at radius 2 is 2.11 bits per heavy atom. The van der Waals surface area contributed by atoms with Crippen molar-refractivity contribution in [3.05, 3.63) is 57.7 Å². The minimum Gasteiger partial charge on any atom is -0.394 e. The van der Waals surface area contributed by atoms with Gasteiger partial charge in [0.2, 0.25) is 5.91 Å². The number of rotatable bonds is 5. The molecule has 2 fully saturated rings. The van der Waals surface area contributed by atoms with Crippen molar-refractivity contribution in [3.8, 4) is 6.07 Å². The molecule has 1 amide bonds. The number of nitrogens with zero attached hydrogens (tertiary/aromatic N) is 5. The second kappa shape index (κ2) is 10.3. The van der Waals surface area contributed by atoms with Gasteiger partial charge in [-0.1, -0.05) is 29.3 Å². The number of carbonyl (C=O) groups excluding carboxylic acids is 1. The number of nitrogens with one attached hydrogen (secondary N) is 1. The van der Waals surface area contributed by atoms with E-state index in [0.29, 0.717) is 35.4 Å². The van der Waals surface area contributed by atoms with E-state index in [0.717, 1.165) is 41.5 Å². The number of aromatic nitrogens is 2. The average molecular weight is 527 g/mol. The molecule has 5 rings (SSSR count). The van der Waals surface area contributed by atoms with Gasteiger partial charge < -0.3 is 20.2 Å². The summed E-state index contributed by atoms with van der Waals surface area (Å²) in [6, 6.07) is 12.8. The van der Waals surface area contributed by atoms with E-state index in [1.54, 1.807) is 12.1 Å². The third-order valence-corrected chi connectivity index (χ3v) is 7.84. The largest absolute Gasteiger partial charge is 0.394 e. The lowest BCUT2D eigenvalue weighted by Crippen LogP contribution is -2.59. The molecule has 2 aliphatic rings. The summed E-state index contributed by atoms with van der Waals surface area (Å²) in [6.07, 6.45) is 1.84. The number of aliphatic hydroxyl groups is 1. The van der Waals surface area contributed by atoms with Crippen LogP contribution >= 0.6 is 23.2 Å². The molecule has 0 bridgehead atoms. The van der Waals surface area contributed by atoms with Crippen LogP contribution in [0.4, 0.5) is 5.69 Å². The molecule has 2 N–H and O–H groups in total. The Labute approximate surface area is 220 Å². The van der Waals surface area contributed by atoms with Crippen molar-refractivity contribution in [2.24, 2.45) is 0 Å². The minimum atomic E-state index is -0.282. The topological polar surface area (TPSA) is 97.4 Å². The number of carbonyl (C=O) groups is 1. The van der Waals surface area contributed by atoms with Gasteiger partial charge in [0.05, 0.1) is 30.2 Å². The predicted octanol–water partition coefficient (Wildman–Crippen LogP) is 3.59. The van der Waals surface area contributed by atoms with Crippen LogP contribution in [0.25, 0.3) is 10.9 Å². The van der Waals surface area contributed by atoms with Crippen LogP contribution in [0.1, 0.15) is 37.1 Å². The van der Waals surface area contributed by atoms with Gasteiger partial charge in [0.15, 0.2) is 5.69 Å². The molecule has 8 nitrogen and oxygen atoms in total. The van der Waals surface area contributed by atoms with Crippen LogP contribution in [0.2, 0.25) is 10.0 Å². The molecule has 2 aliphatic heterocycles. The van der Waals surface area contributed by atoms with Crippen molar-refractivity contribution in [2.45, 2.75) is 37.9 Å². The van der Waals surface area contributed by atoms with Crippen LogP contribution in [-0.4, -0.2) is 70.6 Å². The van der Waals surface area contributed by atoms with Crippen molar-refractivity contribution in [3.63, 3.8) is 0 Å². The Bertz CT molecular complexity index is 1330. The summed E-state index contributed by atoms with van der Waals surface area (Å²) < 4.78 is 1.82. The Morgan fingerprint density at radius 1 is 1.28 bits per heavy atom. The molecule has 3 aromatic rings. The van der Waals surface area contributed by atoms with E-state index in [1.165, 1.54) is 0 Å². The molecule has 2 saturated heterocycles. The Morgan fingerprint density at radius 3 is 2.81 bits per heavy atom. The molecule has 0 radical (unpaired) electrons. The van der Waals surface area contributed by atoms with Gasteiger partial charge in [-0.3, -0.25) is 9.48 Å². The van der Waals surface area contributed by atoms with Gasteiger partial charge in [0.1, 0.15) is 6.07 Å². The van der Waals surface area contributed by atoms with Crippen molar-refractivity contribution in [1.82, 2.24) is 20.0 Å².